The molecule has 2 N–H and O–H groups in total. The molecule has 2 rings (SSSR count). The minimum atomic E-state index is 1.10. The molecule has 0 amide bonds. The lowest BCUT2D eigenvalue weighted by atomic mass is 10.2. The average molecular weight is 148 g/mol. The van der Waals surface area contributed by atoms with Crippen LogP contribution >= 0.6 is 0 Å². The summed E-state index contributed by atoms with van der Waals surface area (Å²) in [5.41, 5.74) is 5.39. The molecule has 0 saturated carbocycles. The van der Waals surface area contributed by atoms with Crippen molar-refractivity contribution in [2.75, 3.05) is 0 Å². The van der Waals surface area contributed by atoms with Crippen LogP contribution in [0.25, 0.3) is 0 Å². The van der Waals surface area contributed by atoms with Crippen molar-refractivity contribution in [3.63, 3.8) is 0 Å². The zero-order chi connectivity index (χ0) is 7.84. The molecule has 2 heteroatoms. The molecule has 0 saturated heterocycles. The molecule has 1 heterocycles. The monoisotopic (exact) mass is 148 g/mol. The Kier molecular flexibility index (Phi) is 1.28. The van der Waals surface area contributed by atoms with Gasteiger partial charge in [-0.2, -0.15) is 0 Å². The SMILES string of the molecule is CC1=C2NC=CNC2=C(C)C1. The smallest absolute Gasteiger partial charge is 0.0611 e. The first-order valence-corrected chi connectivity index (χ1v) is 3.87. The molecule has 0 spiro atoms. The van der Waals surface area contributed by atoms with Crippen LogP contribution in [-0.4, -0.2) is 0 Å². The van der Waals surface area contributed by atoms with Gasteiger partial charge in [-0.25, -0.2) is 0 Å². The molecule has 0 aromatic rings. The summed E-state index contributed by atoms with van der Waals surface area (Å²) in [5.74, 6) is 0. The van der Waals surface area contributed by atoms with E-state index >= 15 is 0 Å². The van der Waals surface area contributed by atoms with Crippen molar-refractivity contribution in [1.82, 2.24) is 10.6 Å². The van der Waals surface area contributed by atoms with Gasteiger partial charge in [0.1, 0.15) is 0 Å². The molecule has 0 atom stereocenters. The maximum absolute atomic E-state index is 3.24. The average Bonchev–Trinajstić information content (AvgIpc) is 2.30. The molecule has 2 aliphatic rings. The minimum absolute atomic E-state index is 1.10. The quantitative estimate of drug-likeness (QED) is 0.545. The Morgan fingerprint density at radius 3 is 1.91 bits per heavy atom. The maximum atomic E-state index is 3.24. The van der Waals surface area contributed by atoms with Crippen molar-refractivity contribution in [3.8, 4) is 0 Å². The van der Waals surface area contributed by atoms with Gasteiger partial charge in [-0.05, 0) is 31.4 Å². The summed E-state index contributed by atoms with van der Waals surface area (Å²) in [6.07, 6.45) is 4.97. The molecule has 2 nitrogen and oxygen atoms in total. The van der Waals surface area contributed by atoms with Crippen LogP contribution in [0.1, 0.15) is 20.3 Å². The number of nitrogens with one attached hydrogen (secondary N) is 2. The van der Waals surface area contributed by atoms with Crippen LogP contribution in [0.2, 0.25) is 0 Å². The molecular weight excluding hydrogens is 136 g/mol. The van der Waals surface area contributed by atoms with E-state index < -0.39 is 0 Å². The van der Waals surface area contributed by atoms with Gasteiger partial charge in [-0.3, -0.25) is 0 Å². The number of fused-ring (bicyclic) bond motifs is 1. The standard InChI is InChI=1S/C9H12N2/c1-6-5-7(2)9-8(6)10-3-4-11-9/h3-4,10-11H,5H2,1-2H3. The van der Waals surface area contributed by atoms with E-state index in [9.17, 15) is 0 Å². The van der Waals surface area contributed by atoms with Crippen LogP contribution in [-0.2, 0) is 0 Å². The van der Waals surface area contributed by atoms with E-state index in [2.05, 4.69) is 24.5 Å². The summed E-state index contributed by atoms with van der Waals surface area (Å²) < 4.78 is 0. The Hall–Kier alpha value is -1.18. The van der Waals surface area contributed by atoms with E-state index in [1.807, 2.05) is 12.4 Å². The van der Waals surface area contributed by atoms with Crippen molar-refractivity contribution in [2.45, 2.75) is 20.3 Å². The van der Waals surface area contributed by atoms with E-state index in [1.165, 1.54) is 22.5 Å². The normalized spacial score (nSPS) is 21.6. The van der Waals surface area contributed by atoms with E-state index in [4.69, 9.17) is 0 Å². The molecular formula is C9H12N2. The summed E-state index contributed by atoms with van der Waals surface area (Å²) in [6, 6.07) is 0. The first kappa shape index (κ1) is 6.53. The lowest BCUT2D eigenvalue weighted by molar-refractivity contribution is 0.908. The molecule has 1 aliphatic heterocycles. The fourth-order valence-corrected chi connectivity index (χ4v) is 1.64. The van der Waals surface area contributed by atoms with Gasteiger partial charge in [0.05, 0.1) is 11.4 Å². The fourth-order valence-electron chi connectivity index (χ4n) is 1.64. The van der Waals surface area contributed by atoms with E-state index in [0.29, 0.717) is 0 Å². The summed E-state index contributed by atoms with van der Waals surface area (Å²) in [5, 5.41) is 6.48. The van der Waals surface area contributed by atoms with E-state index in [-0.39, 0.29) is 0 Å². The lowest BCUT2D eigenvalue weighted by Gasteiger charge is -2.15. The Morgan fingerprint density at radius 2 is 1.45 bits per heavy atom. The Balaban J connectivity index is 2.44. The second-order valence-electron chi connectivity index (χ2n) is 3.11. The first-order chi connectivity index (χ1) is 5.29. The zero-order valence-corrected chi connectivity index (χ0v) is 6.86. The van der Waals surface area contributed by atoms with Gasteiger partial charge in [0.2, 0.25) is 0 Å². The molecule has 0 radical (unpaired) electrons. The largest absolute Gasteiger partial charge is 0.359 e. The van der Waals surface area contributed by atoms with E-state index in [1.54, 1.807) is 0 Å². The molecule has 0 unspecified atom stereocenters. The van der Waals surface area contributed by atoms with E-state index in [0.717, 1.165) is 6.42 Å². The highest BCUT2D eigenvalue weighted by Crippen LogP contribution is 2.29. The number of hydrogen-bond acceptors (Lipinski definition) is 2. The highest BCUT2D eigenvalue weighted by Gasteiger charge is 2.19. The van der Waals surface area contributed by atoms with Crippen molar-refractivity contribution >= 4 is 0 Å². The molecule has 11 heavy (non-hydrogen) atoms. The second-order valence-corrected chi connectivity index (χ2v) is 3.11. The summed E-state index contributed by atoms with van der Waals surface area (Å²) in [4.78, 5) is 0. The summed E-state index contributed by atoms with van der Waals surface area (Å²) in [6.45, 7) is 4.33. The van der Waals surface area contributed by atoms with Crippen molar-refractivity contribution in [1.29, 1.82) is 0 Å². The van der Waals surface area contributed by atoms with Gasteiger partial charge >= 0.3 is 0 Å². The Bertz CT molecular complexity index is 254. The predicted octanol–water partition coefficient (Wildman–Crippen LogP) is 1.60. The summed E-state index contributed by atoms with van der Waals surface area (Å²) in [7, 11) is 0. The second kappa shape index (κ2) is 2.16. The third kappa shape index (κ3) is 0.862. The van der Waals surface area contributed by atoms with Crippen LogP contribution in [0, 0.1) is 0 Å². The number of rotatable bonds is 0. The van der Waals surface area contributed by atoms with Crippen molar-refractivity contribution in [2.24, 2.45) is 0 Å². The lowest BCUT2D eigenvalue weighted by Crippen LogP contribution is -2.21. The van der Waals surface area contributed by atoms with Crippen LogP contribution in [0.5, 0.6) is 0 Å². The maximum Gasteiger partial charge on any atom is 0.0611 e. The van der Waals surface area contributed by atoms with Gasteiger partial charge in [0, 0.05) is 12.4 Å². The third-order valence-corrected chi connectivity index (χ3v) is 2.17. The predicted molar refractivity (Wildman–Crippen MR) is 45.4 cm³/mol. The zero-order valence-electron chi connectivity index (χ0n) is 6.86. The number of allylic oxidation sites excluding steroid dienone is 2. The number of hydrogen-bond donors (Lipinski definition) is 2. The summed E-state index contributed by atoms with van der Waals surface area (Å²) >= 11 is 0. The van der Waals surface area contributed by atoms with Crippen molar-refractivity contribution < 1.29 is 0 Å². The molecule has 0 aromatic heterocycles. The van der Waals surface area contributed by atoms with Gasteiger partial charge in [0.15, 0.2) is 0 Å². The Morgan fingerprint density at radius 1 is 1.00 bits per heavy atom. The minimum Gasteiger partial charge on any atom is -0.359 e. The molecule has 0 fully saturated rings. The topological polar surface area (TPSA) is 24.1 Å². The fraction of sp³-hybridized carbons (Fsp3) is 0.333. The van der Waals surface area contributed by atoms with Crippen molar-refractivity contribution in [3.05, 3.63) is 34.9 Å². The Labute approximate surface area is 66.7 Å². The molecule has 1 aliphatic carbocycles. The van der Waals surface area contributed by atoms with Gasteiger partial charge in [-0.1, -0.05) is 0 Å². The van der Waals surface area contributed by atoms with Gasteiger partial charge in [0.25, 0.3) is 0 Å². The third-order valence-electron chi connectivity index (χ3n) is 2.17. The highest BCUT2D eigenvalue weighted by atomic mass is 15.0. The highest BCUT2D eigenvalue weighted by molar-refractivity contribution is 5.46. The van der Waals surface area contributed by atoms with Crippen LogP contribution in [0.15, 0.2) is 34.9 Å². The van der Waals surface area contributed by atoms with Crippen LogP contribution < -0.4 is 10.6 Å². The molecule has 0 aromatic carbocycles. The molecule has 0 bridgehead atoms. The van der Waals surface area contributed by atoms with Crippen LogP contribution in [0.3, 0.4) is 0 Å². The molecule has 58 valence electrons. The van der Waals surface area contributed by atoms with Gasteiger partial charge < -0.3 is 10.6 Å². The van der Waals surface area contributed by atoms with Crippen LogP contribution in [0.4, 0.5) is 0 Å². The first-order valence-electron chi connectivity index (χ1n) is 3.87. The van der Waals surface area contributed by atoms with Gasteiger partial charge in [-0.15, -0.1) is 0 Å².